The number of halogens is 1. The van der Waals surface area contributed by atoms with Gasteiger partial charge in [0.1, 0.15) is 18.5 Å². The maximum atomic E-state index is 9.91. The van der Waals surface area contributed by atoms with Crippen molar-refractivity contribution in [1.29, 1.82) is 0 Å². The third-order valence-corrected chi connectivity index (χ3v) is 4.14. The van der Waals surface area contributed by atoms with E-state index in [1.165, 1.54) is 19.5 Å². The number of rotatable bonds is 8. The van der Waals surface area contributed by atoms with Gasteiger partial charge in [-0.15, -0.1) is 0 Å². The van der Waals surface area contributed by atoms with Gasteiger partial charge in [-0.3, -0.25) is 0 Å². The molecule has 0 spiro atoms. The zero-order valence-electron chi connectivity index (χ0n) is 12.6. The number of nitrogens with one attached hydrogen (secondary N) is 1. The van der Waals surface area contributed by atoms with E-state index in [0.29, 0.717) is 24.1 Å². The van der Waals surface area contributed by atoms with Gasteiger partial charge in [0.2, 0.25) is 0 Å². The van der Waals surface area contributed by atoms with Gasteiger partial charge in [0.25, 0.3) is 0 Å². The van der Waals surface area contributed by atoms with Gasteiger partial charge in [-0.25, -0.2) is 0 Å². The van der Waals surface area contributed by atoms with Crippen molar-refractivity contribution in [3.8, 4) is 5.75 Å². The molecule has 2 unspecified atom stereocenters. The van der Waals surface area contributed by atoms with Crippen molar-refractivity contribution in [2.75, 3.05) is 39.3 Å². The number of aliphatic hydroxyl groups is 1. The summed E-state index contributed by atoms with van der Waals surface area (Å²) >= 11 is 5.81. The van der Waals surface area contributed by atoms with Crippen LogP contribution in [0.4, 0.5) is 0 Å². The summed E-state index contributed by atoms with van der Waals surface area (Å²) in [5.41, 5.74) is 0. The Kier molecular flexibility index (Phi) is 6.77. The van der Waals surface area contributed by atoms with Gasteiger partial charge >= 0.3 is 0 Å². The summed E-state index contributed by atoms with van der Waals surface area (Å²) in [5.74, 6) is 1.43. The van der Waals surface area contributed by atoms with Crippen LogP contribution in [0.2, 0.25) is 5.02 Å². The number of hydrogen-bond acceptors (Lipinski definition) is 4. The predicted octanol–water partition coefficient (Wildman–Crippen LogP) is 2.01. The molecule has 0 aromatic heterocycles. The maximum Gasteiger partial charge on any atom is 0.119 e. The van der Waals surface area contributed by atoms with Crippen LogP contribution in [0.3, 0.4) is 0 Å². The van der Waals surface area contributed by atoms with E-state index in [-0.39, 0.29) is 0 Å². The maximum absolute atomic E-state index is 9.91. The molecule has 0 aliphatic carbocycles. The van der Waals surface area contributed by atoms with Crippen molar-refractivity contribution in [2.45, 2.75) is 19.4 Å². The number of aliphatic hydroxyl groups excluding tert-OH is 1. The monoisotopic (exact) mass is 312 g/mol. The lowest BCUT2D eigenvalue weighted by molar-refractivity contribution is 0.105. The molecule has 0 saturated carbocycles. The summed E-state index contributed by atoms with van der Waals surface area (Å²) < 4.78 is 5.52. The number of nitrogens with zero attached hydrogens (tertiary/aromatic N) is 1. The van der Waals surface area contributed by atoms with Crippen LogP contribution in [0, 0.1) is 5.92 Å². The largest absolute Gasteiger partial charge is 0.491 e. The van der Waals surface area contributed by atoms with Crippen molar-refractivity contribution in [3.63, 3.8) is 0 Å². The molecule has 4 nitrogen and oxygen atoms in total. The standard InChI is InChI=1S/C16H25ClN2O2/c1-2-19-8-7-13(11-19)9-18-10-15(20)12-21-16-5-3-14(17)4-6-16/h3-6,13,15,18,20H,2,7-12H2,1H3. The fourth-order valence-corrected chi connectivity index (χ4v) is 2.73. The van der Waals surface area contributed by atoms with Gasteiger partial charge in [-0.2, -0.15) is 0 Å². The minimum atomic E-state index is -0.496. The van der Waals surface area contributed by atoms with Crippen molar-refractivity contribution in [3.05, 3.63) is 29.3 Å². The molecule has 0 bridgehead atoms. The van der Waals surface area contributed by atoms with Crippen LogP contribution >= 0.6 is 11.6 Å². The highest BCUT2D eigenvalue weighted by Gasteiger charge is 2.20. The topological polar surface area (TPSA) is 44.7 Å². The smallest absolute Gasteiger partial charge is 0.119 e. The molecule has 0 amide bonds. The first-order valence-corrected chi connectivity index (χ1v) is 8.04. The lowest BCUT2D eigenvalue weighted by atomic mass is 10.1. The van der Waals surface area contributed by atoms with Crippen LogP contribution < -0.4 is 10.1 Å². The van der Waals surface area contributed by atoms with Gasteiger partial charge in [-0.05, 0) is 56.2 Å². The number of hydrogen-bond donors (Lipinski definition) is 2. The molecule has 1 aromatic carbocycles. The minimum absolute atomic E-state index is 0.292. The molecule has 2 atom stereocenters. The average molecular weight is 313 g/mol. The second-order valence-electron chi connectivity index (χ2n) is 5.62. The Morgan fingerprint density at radius 2 is 2.19 bits per heavy atom. The molecule has 1 heterocycles. The van der Waals surface area contributed by atoms with Gasteiger partial charge in [-0.1, -0.05) is 18.5 Å². The van der Waals surface area contributed by atoms with Gasteiger partial charge in [0.05, 0.1) is 0 Å². The minimum Gasteiger partial charge on any atom is -0.491 e. The molecule has 2 rings (SSSR count). The van der Waals surface area contributed by atoms with E-state index in [1.807, 2.05) is 0 Å². The molecular weight excluding hydrogens is 288 g/mol. The molecule has 1 aromatic rings. The Morgan fingerprint density at radius 1 is 1.43 bits per heavy atom. The molecule has 1 saturated heterocycles. The van der Waals surface area contributed by atoms with Crippen molar-refractivity contribution < 1.29 is 9.84 Å². The quantitative estimate of drug-likeness (QED) is 0.771. The second kappa shape index (κ2) is 8.59. The molecule has 5 heteroatoms. The average Bonchev–Trinajstić information content (AvgIpc) is 2.95. The van der Waals surface area contributed by atoms with E-state index >= 15 is 0 Å². The zero-order chi connectivity index (χ0) is 15.1. The van der Waals surface area contributed by atoms with E-state index in [2.05, 4.69) is 17.1 Å². The lowest BCUT2D eigenvalue weighted by Gasteiger charge is -2.16. The summed E-state index contributed by atoms with van der Waals surface area (Å²) in [6, 6.07) is 7.17. The summed E-state index contributed by atoms with van der Waals surface area (Å²) in [6.45, 7) is 7.53. The zero-order valence-corrected chi connectivity index (χ0v) is 13.4. The van der Waals surface area contributed by atoms with E-state index in [1.54, 1.807) is 24.3 Å². The molecule has 21 heavy (non-hydrogen) atoms. The van der Waals surface area contributed by atoms with E-state index < -0.39 is 6.10 Å². The van der Waals surface area contributed by atoms with E-state index in [4.69, 9.17) is 16.3 Å². The number of likely N-dealkylation sites (tertiary alicyclic amines) is 1. The first-order chi connectivity index (χ1) is 10.2. The van der Waals surface area contributed by atoms with Crippen molar-refractivity contribution in [2.24, 2.45) is 5.92 Å². The van der Waals surface area contributed by atoms with Crippen LogP contribution in [-0.4, -0.2) is 55.4 Å². The van der Waals surface area contributed by atoms with E-state index in [9.17, 15) is 5.11 Å². The third kappa shape index (κ3) is 5.83. The highest BCUT2D eigenvalue weighted by atomic mass is 35.5. The second-order valence-corrected chi connectivity index (χ2v) is 6.06. The van der Waals surface area contributed by atoms with Crippen LogP contribution in [0.1, 0.15) is 13.3 Å². The summed E-state index contributed by atoms with van der Waals surface area (Å²) in [4.78, 5) is 2.46. The highest BCUT2D eigenvalue weighted by molar-refractivity contribution is 6.30. The fraction of sp³-hybridized carbons (Fsp3) is 0.625. The lowest BCUT2D eigenvalue weighted by Crippen LogP contribution is -2.35. The Labute approximate surface area is 132 Å². The van der Waals surface area contributed by atoms with Gasteiger partial charge < -0.3 is 20.1 Å². The molecule has 1 aliphatic rings. The number of ether oxygens (including phenoxy) is 1. The van der Waals surface area contributed by atoms with Crippen molar-refractivity contribution >= 4 is 11.6 Å². The Hall–Kier alpha value is -0.810. The van der Waals surface area contributed by atoms with Gasteiger partial charge in [0.15, 0.2) is 0 Å². The normalized spacial score (nSPS) is 20.6. The van der Waals surface area contributed by atoms with Crippen LogP contribution in [-0.2, 0) is 0 Å². The molecule has 1 fully saturated rings. The molecular formula is C16H25ClN2O2. The Balaban J connectivity index is 1.57. The molecule has 1 aliphatic heterocycles. The molecule has 118 valence electrons. The van der Waals surface area contributed by atoms with E-state index in [0.717, 1.165) is 18.8 Å². The Morgan fingerprint density at radius 3 is 2.86 bits per heavy atom. The highest BCUT2D eigenvalue weighted by Crippen LogP contribution is 2.16. The third-order valence-electron chi connectivity index (χ3n) is 3.89. The molecule has 2 N–H and O–H groups in total. The van der Waals surface area contributed by atoms with Crippen LogP contribution in [0.15, 0.2) is 24.3 Å². The van der Waals surface area contributed by atoms with Crippen LogP contribution in [0.5, 0.6) is 5.75 Å². The van der Waals surface area contributed by atoms with Crippen molar-refractivity contribution in [1.82, 2.24) is 10.2 Å². The van der Waals surface area contributed by atoms with Gasteiger partial charge in [0, 0.05) is 18.1 Å². The Bertz CT molecular complexity index is 413. The number of benzene rings is 1. The van der Waals surface area contributed by atoms with Crippen LogP contribution in [0.25, 0.3) is 0 Å². The molecule has 0 radical (unpaired) electrons. The summed E-state index contributed by atoms with van der Waals surface area (Å²) in [5, 5.41) is 13.9. The predicted molar refractivity (Wildman–Crippen MR) is 86.0 cm³/mol. The first-order valence-electron chi connectivity index (χ1n) is 7.67. The summed E-state index contributed by atoms with van der Waals surface area (Å²) in [6.07, 6.45) is 0.752. The SMILES string of the molecule is CCN1CCC(CNCC(O)COc2ccc(Cl)cc2)C1. The summed E-state index contributed by atoms with van der Waals surface area (Å²) in [7, 11) is 0. The fourth-order valence-electron chi connectivity index (χ4n) is 2.60. The first kappa shape index (κ1) is 16.6.